The number of carbonyl (C=O) groups is 1. The van der Waals surface area contributed by atoms with Gasteiger partial charge in [-0.3, -0.25) is 4.79 Å². The van der Waals surface area contributed by atoms with E-state index in [2.05, 4.69) is 134 Å². The van der Waals surface area contributed by atoms with E-state index in [-0.39, 0.29) is 11.4 Å². The highest BCUT2D eigenvalue weighted by Crippen LogP contribution is 2.40. The predicted octanol–water partition coefficient (Wildman–Crippen LogP) is 15.3. The van der Waals surface area contributed by atoms with Crippen LogP contribution in [0.4, 0.5) is 0 Å². The van der Waals surface area contributed by atoms with Crippen LogP contribution in [0.3, 0.4) is 0 Å². The van der Waals surface area contributed by atoms with E-state index in [0.717, 1.165) is 24.0 Å². The van der Waals surface area contributed by atoms with Gasteiger partial charge >= 0.3 is 5.97 Å². The van der Waals surface area contributed by atoms with Gasteiger partial charge in [-0.2, -0.15) is 0 Å². The number of esters is 1. The summed E-state index contributed by atoms with van der Waals surface area (Å²) >= 11 is 0. The first-order valence-corrected chi connectivity index (χ1v) is 20.0. The molecule has 0 N–H and O–H groups in total. The first kappa shape index (κ1) is 45.6. The van der Waals surface area contributed by atoms with E-state index in [4.69, 9.17) is 4.74 Å². The van der Waals surface area contributed by atoms with Crippen LogP contribution in [0.25, 0.3) is 0 Å². The molecule has 0 aromatic rings. The maximum atomic E-state index is 12.1. The molecular weight excluding hydrogens is 621 g/mol. The van der Waals surface area contributed by atoms with Crippen molar-refractivity contribution in [1.82, 2.24) is 0 Å². The first-order valence-electron chi connectivity index (χ1n) is 20.0. The molecule has 0 amide bonds. The Balaban J connectivity index is 2.35. The molecule has 51 heavy (non-hydrogen) atoms. The third-order valence-electron chi connectivity index (χ3n) is 9.51. The number of rotatable bonds is 24. The van der Waals surface area contributed by atoms with Crippen LogP contribution in [0, 0.1) is 5.41 Å². The van der Waals surface area contributed by atoms with Gasteiger partial charge in [0.1, 0.15) is 6.61 Å². The van der Waals surface area contributed by atoms with Crippen LogP contribution in [0.15, 0.2) is 130 Å². The normalized spacial score (nSPS) is 17.1. The SMILES string of the molecule is CCCCCCCCCCCCCC(=O)OC/C(C)=C/C=C/C(C)=C/C=C/C(C)=C/C=C/C=C(C)/C=C/C=C(C)/C=C/C1=C(C)CCCC1(C)C. The summed E-state index contributed by atoms with van der Waals surface area (Å²) in [5.74, 6) is -0.0844. The van der Waals surface area contributed by atoms with E-state index in [1.807, 2.05) is 19.1 Å². The van der Waals surface area contributed by atoms with Gasteiger partial charge in [0.2, 0.25) is 0 Å². The van der Waals surface area contributed by atoms with Crippen LogP contribution in [0.1, 0.15) is 159 Å². The lowest BCUT2D eigenvalue weighted by molar-refractivity contribution is -0.142. The van der Waals surface area contributed by atoms with E-state index in [1.165, 1.54) is 105 Å². The number of allylic oxidation sites excluding steroid dienone is 21. The quantitative estimate of drug-likeness (QED) is 0.0571. The van der Waals surface area contributed by atoms with Gasteiger partial charge in [0.05, 0.1) is 0 Å². The Labute approximate surface area is 315 Å². The van der Waals surface area contributed by atoms with E-state index < -0.39 is 0 Å². The lowest BCUT2D eigenvalue weighted by atomic mass is 9.72. The van der Waals surface area contributed by atoms with E-state index in [0.29, 0.717) is 13.0 Å². The van der Waals surface area contributed by atoms with Crippen molar-refractivity contribution >= 4 is 5.97 Å². The molecule has 1 aliphatic rings. The monoisotopic (exact) mass is 695 g/mol. The van der Waals surface area contributed by atoms with E-state index in [9.17, 15) is 4.79 Å². The Morgan fingerprint density at radius 2 is 1.08 bits per heavy atom. The minimum Gasteiger partial charge on any atom is -0.461 e. The van der Waals surface area contributed by atoms with Gasteiger partial charge in [-0.1, -0.05) is 204 Å². The average molecular weight is 695 g/mol. The number of hydrogen-bond donors (Lipinski definition) is 0. The van der Waals surface area contributed by atoms with E-state index in [1.54, 1.807) is 0 Å². The zero-order chi connectivity index (χ0) is 37.7. The molecule has 282 valence electrons. The van der Waals surface area contributed by atoms with Gasteiger partial charge < -0.3 is 4.74 Å². The predicted molar refractivity (Wildman–Crippen MR) is 227 cm³/mol. The smallest absolute Gasteiger partial charge is 0.306 e. The summed E-state index contributed by atoms with van der Waals surface area (Å²) in [6.45, 7) is 20.1. The van der Waals surface area contributed by atoms with Crippen molar-refractivity contribution in [1.29, 1.82) is 0 Å². The molecule has 0 aliphatic heterocycles. The Bertz CT molecular complexity index is 1360. The van der Waals surface area contributed by atoms with Crippen LogP contribution in [0.5, 0.6) is 0 Å². The second-order valence-corrected chi connectivity index (χ2v) is 15.3. The highest BCUT2D eigenvalue weighted by molar-refractivity contribution is 5.69. The molecule has 1 aliphatic carbocycles. The fraction of sp³-hybridized carbons (Fsp3) is 0.531. The van der Waals surface area contributed by atoms with Crippen LogP contribution in [0.2, 0.25) is 0 Å². The highest BCUT2D eigenvalue weighted by atomic mass is 16.5. The molecule has 0 unspecified atom stereocenters. The maximum absolute atomic E-state index is 12.1. The molecule has 0 saturated carbocycles. The van der Waals surface area contributed by atoms with Gasteiger partial charge in [-0.25, -0.2) is 0 Å². The Morgan fingerprint density at radius 1 is 0.627 bits per heavy atom. The molecule has 2 heteroatoms. The third-order valence-corrected chi connectivity index (χ3v) is 9.51. The summed E-state index contributed by atoms with van der Waals surface area (Å²) in [5, 5.41) is 0. The Morgan fingerprint density at radius 3 is 1.59 bits per heavy atom. The van der Waals surface area contributed by atoms with Crippen LogP contribution in [-0.2, 0) is 9.53 Å². The van der Waals surface area contributed by atoms with Crippen molar-refractivity contribution in [2.24, 2.45) is 5.41 Å². The van der Waals surface area contributed by atoms with Gasteiger partial charge in [-0.05, 0) is 83.8 Å². The standard InChI is InChI=1S/C49H74O2/c1-10-11-12-13-14-15-16-17-18-19-20-36-48(50)51-40-45(6)34-25-32-43(4)31-23-29-41(2)27-21-22-28-42(3)30-24-33-44(5)37-38-47-46(7)35-26-39-49(47,8)9/h21-25,27-34,37-38H,10-20,26,35-36,39-40H2,1-9H3/b22-21+,29-23+,30-24+,32-25+,38-37+,41-27+,42-28+,43-31+,44-33+,45-34+. The average Bonchev–Trinajstić information content (AvgIpc) is 3.07. The highest BCUT2D eigenvalue weighted by Gasteiger charge is 2.26. The zero-order valence-corrected chi connectivity index (χ0v) is 34.3. The molecule has 0 fully saturated rings. The van der Waals surface area contributed by atoms with Crippen molar-refractivity contribution in [3.63, 3.8) is 0 Å². The fourth-order valence-electron chi connectivity index (χ4n) is 6.18. The Hall–Kier alpha value is -3.39. The van der Waals surface area contributed by atoms with Gasteiger partial charge in [0, 0.05) is 6.42 Å². The van der Waals surface area contributed by atoms with Crippen LogP contribution < -0.4 is 0 Å². The molecule has 1 rings (SSSR count). The summed E-state index contributed by atoms with van der Waals surface area (Å²) in [4.78, 5) is 12.1. The van der Waals surface area contributed by atoms with Crippen molar-refractivity contribution in [3.05, 3.63) is 130 Å². The molecule has 0 saturated heterocycles. The summed E-state index contributed by atoms with van der Waals surface area (Å²) in [6, 6.07) is 0. The second kappa shape index (κ2) is 28.2. The molecule has 0 spiro atoms. The molecule has 2 nitrogen and oxygen atoms in total. The van der Waals surface area contributed by atoms with E-state index >= 15 is 0 Å². The van der Waals surface area contributed by atoms with Gasteiger partial charge in [0.25, 0.3) is 0 Å². The van der Waals surface area contributed by atoms with Crippen molar-refractivity contribution in [2.75, 3.05) is 6.61 Å². The Kier molecular flexibility index (Phi) is 25.3. The molecule has 0 atom stereocenters. The van der Waals surface area contributed by atoms with Crippen molar-refractivity contribution in [2.45, 2.75) is 159 Å². The van der Waals surface area contributed by atoms with Crippen LogP contribution >= 0.6 is 0 Å². The summed E-state index contributed by atoms with van der Waals surface area (Å²) in [5.41, 5.74) is 9.17. The zero-order valence-electron chi connectivity index (χ0n) is 34.3. The lowest BCUT2D eigenvalue weighted by Gasteiger charge is -2.32. The van der Waals surface area contributed by atoms with Crippen molar-refractivity contribution in [3.8, 4) is 0 Å². The number of carbonyl (C=O) groups excluding carboxylic acids is 1. The van der Waals surface area contributed by atoms with Gasteiger partial charge in [0.15, 0.2) is 0 Å². The maximum Gasteiger partial charge on any atom is 0.306 e. The van der Waals surface area contributed by atoms with Crippen molar-refractivity contribution < 1.29 is 9.53 Å². The minimum atomic E-state index is -0.0844. The first-order chi connectivity index (χ1) is 24.4. The summed E-state index contributed by atoms with van der Waals surface area (Å²) in [6.07, 6.45) is 50.3. The minimum absolute atomic E-state index is 0.0844. The number of hydrogen-bond acceptors (Lipinski definition) is 2. The second-order valence-electron chi connectivity index (χ2n) is 15.3. The molecule has 0 heterocycles. The van der Waals surface area contributed by atoms with Gasteiger partial charge in [-0.15, -0.1) is 0 Å². The number of ether oxygens (including phenoxy) is 1. The molecule has 0 radical (unpaired) electrons. The molecule has 0 aromatic heterocycles. The third kappa shape index (κ3) is 24.4. The summed E-state index contributed by atoms with van der Waals surface area (Å²) < 4.78 is 5.47. The fourth-order valence-corrected chi connectivity index (χ4v) is 6.18. The topological polar surface area (TPSA) is 26.3 Å². The number of unbranched alkanes of at least 4 members (excludes halogenated alkanes) is 10. The molecule has 0 aromatic carbocycles. The lowest BCUT2D eigenvalue weighted by Crippen LogP contribution is -2.19. The van der Waals surface area contributed by atoms with Crippen LogP contribution in [-0.4, -0.2) is 12.6 Å². The largest absolute Gasteiger partial charge is 0.461 e. The molecule has 0 bridgehead atoms. The summed E-state index contributed by atoms with van der Waals surface area (Å²) in [7, 11) is 0. The molecular formula is C49H74O2.